The molecule has 0 bridgehead atoms. The molecule has 0 radical (unpaired) electrons. The Labute approximate surface area is 138 Å². The third-order valence-electron chi connectivity index (χ3n) is 3.54. The molecule has 1 heterocycles. The number of benzene rings is 1. The van der Waals surface area contributed by atoms with Crippen LogP contribution in [0.5, 0.6) is 5.75 Å². The van der Waals surface area contributed by atoms with Crippen LogP contribution in [-0.2, 0) is 4.74 Å². The molecule has 1 N–H and O–H groups in total. The van der Waals surface area contributed by atoms with Crippen LogP contribution in [0.25, 0.3) is 0 Å². The number of methoxy groups -OCH3 is 1. The molecule has 1 amide bonds. The molecule has 2 rings (SSSR count). The lowest BCUT2D eigenvalue weighted by molar-refractivity contribution is -0.384. The molecular formula is C14H18ClN3O5. The number of hydrogen-bond donors (Lipinski definition) is 1. The lowest BCUT2D eigenvalue weighted by atomic mass is 10.2. The molecule has 0 saturated carbocycles. The van der Waals surface area contributed by atoms with Crippen molar-refractivity contribution in [2.45, 2.75) is 12.8 Å². The zero-order valence-electron chi connectivity index (χ0n) is 12.7. The van der Waals surface area contributed by atoms with E-state index in [9.17, 15) is 14.9 Å². The van der Waals surface area contributed by atoms with Crippen molar-refractivity contribution in [3.8, 4) is 5.75 Å². The van der Waals surface area contributed by atoms with Gasteiger partial charge in [-0.15, -0.1) is 0 Å². The number of nitro groups is 1. The Balaban J connectivity index is 1.94. The predicted octanol–water partition coefficient (Wildman–Crippen LogP) is 2.90. The number of likely N-dealkylation sites (tertiary alicyclic amines) is 1. The SMILES string of the molecule is COc1cc([N+](=O)[O-])c(Cl)cc1NC(=O)OCCN1CCCC1. The van der Waals surface area contributed by atoms with Gasteiger partial charge in [-0.3, -0.25) is 20.3 Å². The molecule has 1 saturated heterocycles. The van der Waals surface area contributed by atoms with Crippen molar-refractivity contribution in [1.82, 2.24) is 4.90 Å². The van der Waals surface area contributed by atoms with E-state index < -0.39 is 11.0 Å². The standard InChI is InChI=1S/C14H18ClN3O5/c1-22-13-9-12(18(20)21)10(15)8-11(13)16-14(19)23-7-6-17-4-2-3-5-17/h8-9H,2-7H2,1H3,(H,16,19). The second-order valence-electron chi connectivity index (χ2n) is 5.07. The number of nitrogens with one attached hydrogen (secondary N) is 1. The van der Waals surface area contributed by atoms with Crippen LogP contribution >= 0.6 is 11.6 Å². The van der Waals surface area contributed by atoms with Gasteiger partial charge in [0, 0.05) is 6.54 Å². The number of nitrogens with zero attached hydrogens (tertiary/aromatic N) is 2. The summed E-state index contributed by atoms with van der Waals surface area (Å²) in [7, 11) is 1.34. The first-order chi connectivity index (χ1) is 11.0. The molecule has 1 aromatic rings. The zero-order valence-corrected chi connectivity index (χ0v) is 13.5. The molecule has 0 aliphatic carbocycles. The minimum absolute atomic E-state index is 0.0943. The highest BCUT2D eigenvalue weighted by atomic mass is 35.5. The minimum Gasteiger partial charge on any atom is -0.494 e. The monoisotopic (exact) mass is 343 g/mol. The topological polar surface area (TPSA) is 93.9 Å². The van der Waals surface area contributed by atoms with Gasteiger partial charge in [0.15, 0.2) is 0 Å². The molecule has 126 valence electrons. The predicted molar refractivity (Wildman–Crippen MR) is 85.3 cm³/mol. The fraction of sp³-hybridized carbons (Fsp3) is 0.500. The lowest BCUT2D eigenvalue weighted by Gasteiger charge is -2.15. The first-order valence-corrected chi connectivity index (χ1v) is 7.57. The summed E-state index contributed by atoms with van der Waals surface area (Å²) >= 11 is 5.83. The number of carbonyl (C=O) groups excluding carboxylic acids is 1. The van der Waals surface area contributed by atoms with Gasteiger partial charge in [-0.1, -0.05) is 11.6 Å². The van der Waals surface area contributed by atoms with Gasteiger partial charge < -0.3 is 9.47 Å². The van der Waals surface area contributed by atoms with Crippen LogP contribution in [0.2, 0.25) is 5.02 Å². The Morgan fingerprint density at radius 2 is 2.13 bits per heavy atom. The fourth-order valence-electron chi connectivity index (χ4n) is 2.37. The molecule has 0 atom stereocenters. The molecule has 23 heavy (non-hydrogen) atoms. The minimum atomic E-state index is -0.660. The van der Waals surface area contributed by atoms with Crippen molar-refractivity contribution in [3.63, 3.8) is 0 Å². The summed E-state index contributed by atoms with van der Waals surface area (Å²) in [6.07, 6.45) is 1.68. The van der Waals surface area contributed by atoms with Crippen molar-refractivity contribution in [3.05, 3.63) is 27.3 Å². The van der Waals surface area contributed by atoms with Gasteiger partial charge in [0.25, 0.3) is 5.69 Å². The highest BCUT2D eigenvalue weighted by Gasteiger charge is 2.19. The van der Waals surface area contributed by atoms with Crippen LogP contribution in [0, 0.1) is 10.1 Å². The number of anilines is 1. The van der Waals surface area contributed by atoms with Crippen LogP contribution in [-0.4, -0.2) is 49.3 Å². The molecule has 1 aliphatic heterocycles. The molecule has 8 nitrogen and oxygen atoms in total. The molecule has 1 fully saturated rings. The average Bonchev–Trinajstić information content (AvgIpc) is 3.00. The van der Waals surface area contributed by atoms with Crippen LogP contribution in [0.3, 0.4) is 0 Å². The van der Waals surface area contributed by atoms with Crippen molar-refractivity contribution in [2.24, 2.45) is 0 Å². The number of nitro benzene ring substituents is 1. The van der Waals surface area contributed by atoms with E-state index in [1.165, 1.54) is 26.0 Å². The van der Waals surface area contributed by atoms with Gasteiger partial charge in [-0.25, -0.2) is 4.79 Å². The second kappa shape index (κ2) is 7.98. The maximum absolute atomic E-state index is 11.8. The van der Waals surface area contributed by atoms with E-state index in [0.29, 0.717) is 6.54 Å². The maximum atomic E-state index is 11.8. The van der Waals surface area contributed by atoms with Crippen LogP contribution in [0.4, 0.5) is 16.2 Å². The van der Waals surface area contributed by atoms with Gasteiger partial charge in [0.05, 0.1) is 23.8 Å². The van der Waals surface area contributed by atoms with E-state index in [4.69, 9.17) is 21.1 Å². The molecule has 0 spiro atoms. The number of halogens is 1. The van der Waals surface area contributed by atoms with Crippen molar-refractivity contribution < 1.29 is 19.2 Å². The molecule has 0 aromatic heterocycles. The zero-order chi connectivity index (χ0) is 16.8. The highest BCUT2D eigenvalue weighted by molar-refractivity contribution is 6.33. The summed E-state index contributed by atoms with van der Waals surface area (Å²) < 4.78 is 10.1. The quantitative estimate of drug-likeness (QED) is 0.630. The number of amides is 1. The number of rotatable bonds is 6. The second-order valence-corrected chi connectivity index (χ2v) is 5.48. The molecule has 9 heteroatoms. The summed E-state index contributed by atoms with van der Waals surface area (Å²) in [6.45, 7) is 3.01. The average molecular weight is 344 g/mol. The third kappa shape index (κ3) is 4.70. The van der Waals surface area contributed by atoms with Crippen molar-refractivity contribution in [1.29, 1.82) is 0 Å². The number of hydrogen-bond acceptors (Lipinski definition) is 6. The van der Waals surface area contributed by atoms with Crippen LogP contribution in [0.15, 0.2) is 12.1 Å². The van der Waals surface area contributed by atoms with Crippen LogP contribution < -0.4 is 10.1 Å². The Morgan fingerprint density at radius 3 is 2.74 bits per heavy atom. The summed E-state index contributed by atoms with van der Waals surface area (Å²) in [5.41, 5.74) is -0.0780. The number of ether oxygens (including phenoxy) is 2. The summed E-state index contributed by atoms with van der Waals surface area (Å²) in [4.78, 5) is 24.2. The van der Waals surface area contributed by atoms with Gasteiger partial charge in [-0.05, 0) is 32.0 Å². The van der Waals surface area contributed by atoms with E-state index in [-0.39, 0.29) is 28.8 Å². The first-order valence-electron chi connectivity index (χ1n) is 7.19. The van der Waals surface area contributed by atoms with Gasteiger partial charge in [-0.2, -0.15) is 0 Å². The van der Waals surface area contributed by atoms with E-state index in [0.717, 1.165) is 19.2 Å². The van der Waals surface area contributed by atoms with Gasteiger partial charge in [0.1, 0.15) is 17.4 Å². The normalized spacial score (nSPS) is 14.5. The summed E-state index contributed by atoms with van der Waals surface area (Å²) in [6, 6.07) is 2.42. The highest BCUT2D eigenvalue weighted by Crippen LogP contribution is 2.35. The summed E-state index contributed by atoms with van der Waals surface area (Å²) in [5, 5.41) is 13.2. The Kier molecular flexibility index (Phi) is 6.00. The van der Waals surface area contributed by atoms with E-state index in [2.05, 4.69) is 10.2 Å². The van der Waals surface area contributed by atoms with Gasteiger partial charge >= 0.3 is 6.09 Å². The Hall–Kier alpha value is -2.06. The van der Waals surface area contributed by atoms with E-state index in [1.807, 2.05) is 0 Å². The van der Waals surface area contributed by atoms with Crippen LogP contribution in [0.1, 0.15) is 12.8 Å². The largest absolute Gasteiger partial charge is 0.494 e. The Bertz CT molecular complexity index is 590. The molecule has 0 unspecified atom stereocenters. The molecule has 1 aliphatic rings. The molecule has 1 aromatic carbocycles. The number of carbonyl (C=O) groups is 1. The van der Waals surface area contributed by atoms with Gasteiger partial charge in [0.2, 0.25) is 0 Å². The fourth-order valence-corrected chi connectivity index (χ4v) is 2.60. The van der Waals surface area contributed by atoms with Crippen molar-refractivity contribution in [2.75, 3.05) is 38.7 Å². The van der Waals surface area contributed by atoms with E-state index >= 15 is 0 Å². The summed E-state index contributed by atoms with van der Waals surface area (Å²) in [5.74, 6) is 0.137. The maximum Gasteiger partial charge on any atom is 0.411 e. The lowest BCUT2D eigenvalue weighted by Crippen LogP contribution is -2.26. The third-order valence-corrected chi connectivity index (χ3v) is 3.84. The first kappa shape index (κ1) is 17.3. The van der Waals surface area contributed by atoms with E-state index in [1.54, 1.807) is 0 Å². The molecular weight excluding hydrogens is 326 g/mol. The van der Waals surface area contributed by atoms with Crippen molar-refractivity contribution >= 4 is 29.1 Å². The Morgan fingerprint density at radius 1 is 1.43 bits per heavy atom. The smallest absolute Gasteiger partial charge is 0.411 e.